The van der Waals surface area contributed by atoms with Crippen LogP contribution in [0.1, 0.15) is 24.5 Å². The van der Waals surface area contributed by atoms with Crippen LogP contribution in [-0.2, 0) is 15.7 Å². The second-order valence-corrected chi connectivity index (χ2v) is 5.69. The van der Waals surface area contributed by atoms with Crippen molar-refractivity contribution in [3.8, 4) is 0 Å². The average Bonchev–Trinajstić information content (AvgIpc) is 2.73. The Labute approximate surface area is 130 Å². The Bertz CT molecular complexity index is 650. The average molecular weight is 329 g/mol. The molecule has 0 atom stereocenters. The Kier molecular flexibility index (Phi) is 4.85. The quantitative estimate of drug-likeness (QED) is 0.517. The van der Waals surface area contributed by atoms with Gasteiger partial charge in [-0.25, -0.2) is 0 Å². The lowest BCUT2D eigenvalue weighted by molar-refractivity contribution is -0.137. The van der Waals surface area contributed by atoms with Crippen LogP contribution in [0.3, 0.4) is 0 Å². The van der Waals surface area contributed by atoms with E-state index in [1.807, 2.05) is 6.92 Å². The van der Waals surface area contributed by atoms with Crippen molar-refractivity contribution in [1.29, 1.82) is 0 Å². The second kappa shape index (κ2) is 6.48. The topological polar surface area (TPSA) is 52.3 Å². The van der Waals surface area contributed by atoms with Crippen LogP contribution < -0.4 is 5.73 Å². The van der Waals surface area contributed by atoms with Gasteiger partial charge >= 0.3 is 6.18 Å². The summed E-state index contributed by atoms with van der Waals surface area (Å²) in [7, 11) is 0. The smallest absolute Gasteiger partial charge is 0.416 e. The van der Waals surface area contributed by atoms with Crippen LogP contribution in [0.2, 0.25) is 0 Å². The molecule has 0 amide bonds. The summed E-state index contributed by atoms with van der Waals surface area (Å²) in [4.78, 5) is 12.6. The molecule has 0 spiro atoms. The van der Waals surface area contributed by atoms with E-state index in [-0.39, 0.29) is 21.1 Å². The van der Waals surface area contributed by atoms with Crippen LogP contribution in [-0.4, -0.2) is 12.4 Å². The van der Waals surface area contributed by atoms with E-state index in [1.165, 1.54) is 18.4 Å². The fourth-order valence-electron chi connectivity index (χ4n) is 1.91. The van der Waals surface area contributed by atoms with E-state index < -0.39 is 17.5 Å². The van der Waals surface area contributed by atoms with E-state index in [2.05, 4.69) is 0 Å². The predicted octanol–water partition coefficient (Wildman–Crippen LogP) is 3.92. The van der Waals surface area contributed by atoms with Gasteiger partial charge in [0.1, 0.15) is 6.26 Å². The van der Waals surface area contributed by atoms with Gasteiger partial charge in [0.15, 0.2) is 0 Å². The highest BCUT2D eigenvalue weighted by Gasteiger charge is 2.33. The first-order valence-electron chi connectivity index (χ1n) is 6.56. The van der Waals surface area contributed by atoms with Crippen molar-refractivity contribution in [2.75, 3.05) is 6.61 Å². The minimum absolute atomic E-state index is 0.0856. The minimum Gasteiger partial charge on any atom is -0.500 e. The number of allylic oxidation sites excluding steroid dienone is 2. The lowest BCUT2D eigenvalue weighted by atomic mass is 10.0. The van der Waals surface area contributed by atoms with E-state index in [4.69, 9.17) is 10.5 Å². The molecular formula is C15H14F3NO2S. The van der Waals surface area contributed by atoms with Crippen molar-refractivity contribution >= 4 is 23.1 Å². The minimum atomic E-state index is -4.47. The summed E-state index contributed by atoms with van der Waals surface area (Å²) in [5, 5.41) is 0.177. The fraction of sp³-hybridized carbons (Fsp3) is 0.267. The number of ketones is 1. The molecule has 0 saturated carbocycles. The van der Waals surface area contributed by atoms with Crippen LogP contribution in [0.5, 0.6) is 0 Å². The maximum atomic E-state index is 12.8. The lowest BCUT2D eigenvalue weighted by Gasteiger charge is -2.09. The van der Waals surface area contributed by atoms with E-state index in [1.54, 1.807) is 0 Å². The molecule has 1 aliphatic rings. The zero-order valence-corrected chi connectivity index (χ0v) is 12.6. The number of carbonyl (C=O) groups excluding carboxylic acids is 1. The van der Waals surface area contributed by atoms with Gasteiger partial charge in [0.2, 0.25) is 5.78 Å². The van der Waals surface area contributed by atoms with Crippen LogP contribution in [0, 0.1) is 0 Å². The van der Waals surface area contributed by atoms with Gasteiger partial charge in [-0.2, -0.15) is 13.2 Å². The molecule has 2 rings (SSSR count). The first-order valence-corrected chi connectivity index (χ1v) is 7.38. The molecule has 0 unspecified atom stereocenters. The fourth-order valence-corrected chi connectivity index (χ4v) is 2.77. The maximum Gasteiger partial charge on any atom is 0.416 e. The zero-order valence-electron chi connectivity index (χ0n) is 11.7. The molecule has 0 saturated heterocycles. The van der Waals surface area contributed by atoms with Gasteiger partial charge in [0, 0.05) is 0 Å². The van der Waals surface area contributed by atoms with Crippen molar-refractivity contribution in [1.82, 2.24) is 0 Å². The van der Waals surface area contributed by atoms with Crippen LogP contribution >= 0.6 is 11.8 Å². The Balaban J connectivity index is 2.31. The molecule has 118 valence electrons. The number of halogens is 3. The summed E-state index contributed by atoms with van der Waals surface area (Å²) < 4.78 is 43.5. The van der Waals surface area contributed by atoms with Gasteiger partial charge in [-0.15, -0.1) is 0 Å². The van der Waals surface area contributed by atoms with Crippen LogP contribution in [0.4, 0.5) is 13.2 Å². The number of alkyl halides is 3. The molecule has 0 aromatic heterocycles. The molecular weight excluding hydrogens is 315 g/mol. The number of ether oxygens (including phenoxy) is 1. The van der Waals surface area contributed by atoms with Gasteiger partial charge in [-0.1, -0.05) is 30.8 Å². The standard InChI is InChI=1S/C15H14F3NO2S/c1-2-6-21-8-11-13(20)12(14(19)22-11)9-4-3-5-10(7-9)15(16,17)18/h3-5,7-8H,2,6,19H2,1H3/b11-8+. The predicted molar refractivity (Wildman–Crippen MR) is 79.5 cm³/mol. The summed E-state index contributed by atoms with van der Waals surface area (Å²) in [6, 6.07) is 4.57. The molecule has 22 heavy (non-hydrogen) atoms. The molecule has 0 aliphatic carbocycles. The molecule has 3 nitrogen and oxygen atoms in total. The third-order valence-electron chi connectivity index (χ3n) is 2.91. The van der Waals surface area contributed by atoms with E-state index in [0.29, 0.717) is 6.61 Å². The van der Waals surface area contributed by atoms with Gasteiger partial charge in [-0.05, 0) is 24.1 Å². The Morgan fingerprint density at radius 3 is 2.73 bits per heavy atom. The van der Waals surface area contributed by atoms with Gasteiger partial charge in [0.05, 0.1) is 27.7 Å². The molecule has 7 heteroatoms. The zero-order chi connectivity index (χ0) is 16.3. The Morgan fingerprint density at radius 2 is 2.09 bits per heavy atom. The summed E-state index contributed by atoms with van der Waals surface area (Å²) in [6.45, 7) is 2.37. The number of rotatable bonds is 4. The largest absolute Gasteiger partial charge is 0.500 e. The second-order valence-electron chi connectivity index (χ2n) is 4.60. The highest BCUT2D eigenvalue weighted by molar-refractivity contribution is 8.08. The summed E-state index contributed by atoms with van der Waals surface area (Å²) in [5.74, 6) is -0.419. The first-order chi connectivity index (χ1) is 10.3. The van der Waals surface area contributed by atoms with E-state index in [9.17, 15) is 18.0 Å². The molecule has 0 bridgehead atoms. The Hall–Kier alpha value is -1.89. The van der Waals surface area contributed by atoms with Crippen molar-refractivity contribution in [2.45, 2.75) is 19.5 Å². The molecule has 1 aromatic carbocycles. The summed E-state index contributed by atoms with van der Waals surface area (Å²) >= 11 is 1.00. The molecule has 0 radical (unpaired) electrons. The van der Waals surface area contributed by atoms with Crippen LogP contribution in [0.25, 0.3) is 5.57 Å². The third kappa shape index (κ3) is 3.47. The maximum absolute atomic E-state index is 12.8. The van der Waals surface area contributed by atoms with Gasteiger partial charge in [-0.3, -0.25) is 4.79 Å². The molecule has 1 aromatic rings. The number of Topliss-reactive ketones (excluding diaryl/α,β-unsaturated/α-hetero) is 1. The van der Waals surface area contributed by atoms with Gasteiger partial charge in [0.25, 0.3) is 0 Å². The molecule has 1 heterocycles. The molecule has 1 aliphatic heterocycles. The number of hydrogen-bond acceptors (Lipinski definition) is 4. The van der Waals surface area contributed by atoms with Gasteiger partial charge < -0.3 is 10.5 Å². The van der Waals surface area contributed by atoms with E-state index in [0.717, 1.165) is 30.3 Å². The summed E-state index contributed by atoms with van der Waals surface area (Å²) in [6.07, 6.45) is -2.38. The first kappa shape index (κ1) is 16.5. The van der Waals surface area contributed by atoms with Crippen molar-refractivity contribution in [3.05, 3.63) is 51.6 Å². The van der Waals surface area contributed by atoms with Crippen molar-refractivity contribution in [3.63, 3.8) is 0 Å². The summed E-state index contributed by atoms with van der Waals surface area (Å²) in [5.41, 5.74) is 5.22. The number of carbonyl (C=O) groups is 1. The number of benzene rings is 1. The number of thioether (sulfide) groups is 1. The monoisotopic (exact) mass is 329 g/mol. The normalized spacial score (nSPS) is 17.5. The molecule has 0 fully saturated rings. The SMILES string of the molecule is CCCO/C=C1/SC(N)=C(c2cccc(C(F)(F)F)c2)C1=O. The number of nitrogens with two attached hydrogens (primary N) is 1. The number of hydrogen-bond donors (Lipinski definition) is 1. The molecule has 2 N–H and O–H groups in total. The highest BCUT2D eigenvalue weighted by Crippen LogP contribution is 2.41. The highest BCUT2D eigenvalue weighted by atomic mass is 32.2. The Morgan fingerprint density at radius 1 is 1.36 bits per heavy atom. The lowest BCUT2D eigenvalue weighted by Crippen LogP contribution is -2.07. The van der Waals surface area contributed by atoms with Crippen molar-refractivity contribution in [2.24, 2.45) is 5.73 Å². The van der Waals surface area contributed by atoms with Crippen molar-refractivity contribution < 1.29 is 22.7 Å². The third-order valence-corrected chi connectivity index (χ3v) is 3.83. The van der Waals surface area contributed by atoms with Crippen LogP contribution in [0.15, 0.2) is 40.5 Å². The van der Waals surface area contributed by atoms with E-state index >= 15 is 0 Å².